The van der Waals surface area contributed by atoms with Gasteiger partial charge in [-0.15, -0.1) is 0 Å². The van der Waals surface area contributed by atoms with Crippen molar-refractivity contribution in [3.05, 3.63) is 101 Å². The van der Waals surface area contributed by atoms with Crippen molar-refractivity contribution in [1.29, 1.82) is 0 Å². The van der Waals surface area contributed by atoms with Gasteiger partial charge in [0.1, 0.15) is 17.0 Å². The predicted molar refractivity (Wildman–Crippen MR) is 199 cm³/mol. The number of nitrogens with one attached hydrogen (secondary N) is 3. The second-order valence-electron chi connectivity index (χ2n) is 14.3. The molecule has 4 aromatic heterocycles. The highest BCUT2D eigenvalue weighted by Gasteiger charge is 2.30. The fourth-order valence-electron chi connectivity index (χ4n) is 7.72. The molecule has 4 amide bonds. The molecule has 2 saturated heterocycles. The van der Waals surface area contributed by atoms with Gasteiger partial charge in [-0.25, -0.2) is 4.98 Å². The maximum absolute atomic E-state index is 13.1. The summed E-state index contributed by atoms with van der Waals surface area (Å²) in [5.74, 6) is -1.33. The minimum absolute atomic E-state index is 0.0349. The van der Waals surface area contributed by atoms with Gasteiger partial charge in [0, 0.05) is 62.1 Å². The van der Waals surface area contributed by atoms with Crippen molar-refractivity contribution in [3.63, 3.8) is 0 Å². The highest BCUT2D eigenvalue weighted by Crippen LogP contribution is 2.28. The summed E-state index contributed by atoms with van der Waals surface area (Å²) in [7, 11) is 2.15. The third-order valence-corrected chi connectivity index (χ3v) is 10.6. The molecule has 14 nitrogen and oxygen atoms in total. The Hall–Kier alpha value is -5.89. The van der Waals surface area contributed by atoms with E-state index in [1.165, 1.54) is 5.69 Å². The van der Waals surface area contributed by atoms with E-state index >= 15 is 0 Å². The Morgan fingerprint density at radius 3 is 2.60 bits per heavy atom. The van der Waals surface area contributed by atoms with Crippen LogP contribution in [-0.2, 0) is 22.7 Å². The molecule has 0 radical (unpaired) electrons. The molecule has 5 aromatic rings. The van der Waals surface area contributed by atoms with E-state index in [0.717, 1.165) is 54.7 Å². The molecule has 2 fully saturated rings. The van der Waals surface area contributed by atoms with Crippen LogP contribution in [0.2, 0.25) is 0 Å². The zero-order valence-electron chi connectivity index (χ0n) is 29.8. The average molecular weight is 715 g/mol. The molecule has 2 atom stereocenters. The maximum atomic E-state index is 13.1. The summed E-state index contributed by atoms with van der Waals surface area (Å²) in [5, 5.41) is 13.5. The van der Waals surface area contributed by atoms with E-state index in [1.807, 2.05) is 35.8 Å². The van der Waals surface area contributed by atoms with Crippen LogP contribution in [0.4, 0.5) is 11.4 Å². The molecule has 3 aliphatic rings. The van der Waals surface area contributed by atoms with E-state index in [-0.39, 0.29) is 41.3 Å². The van der Waals surface area contributed by atoms with Crippen LogP contribution in [0.5, 0.6) is 0 Å². The number of hydrogen-bond donors (Lipinski definition) is 3. The highest BCUT2D eigenvalue weighted by atomic mass is 16.2. The number of hydrogen-bond acceptors (Lipinski definition) is 9. The van der Waals surface area contributed by atoms with E-state index in [1.54, 1.807) is 29.3 Å². The number of amides is 4. The van der Waals surface area contributed by atoms with Gasteiger partial charge < -0.3 is 20.1 Å². The molecule has 0 aliphatic carbocycles. The molecule has 1 unspecified atom stereocenters. The number of nitrogens with zero attached hydrogens (tertiary/aromatic N) is 7. The Kier molecular flexibility index (Phi) is 9.21. The molecule has 0 spiro atoms. The lowest BCUT2D eigenvalue weighted by Crippen LogP contribution is -2.43. The number of piperidine rings is 2. The van der Waals surface area contributed by atoms with Gasteiger partial charge >= 0.3 is 0 Å². The first-order chi connectivity index (χ1) is 25.7. The number of rotatable bonds is 9. The number of fused-ring (bicyclic) bond motifs is 3. The van der Waals surface area contributed by atoms with Crippen molar-refractivity contribution in [2.75, 3.05) is 36.9 Å². The highest BCUT2D eigenvalue weighted by molar-refractivity contribution is 6.05. The second-order valence-corrected chi connectivity index (χ2v) is 14.3. The van der Waals surface area contributed by atoms with E-state index in [9.17, 15) is 19.2 Å². The van der Waals surface area contributed by atoms with Gasteiger partial charge in [-0.1, -0.05) is 12.1 Å². The van der Waals surface area contributed by atoms with E-state index in [4.69, 9.17) is 0 Å². The number of imide groups is 1. The fraction of sp³-hybridized carbons (Fsp3) is 0.359. The normalized spacial score (nSPS) is 19.3. The van der Waals surface area contributed by atoms with Crippen LogP contribution in [0.1, 0.15) is 82.4 Å². The van der Waals surface area contributed by atoms with Crippen molar-refractivity contribution in [2.24, 2.45) is 0 Å². The van der Waals surface area contributed by atoms with Crippen molar-refractivity contribution in [1.82, 2.24) is 39.8 Å². The van der Waals surface area contributed by atoms with Gasteiger partial charge in [-0.3, -0.25) is 39.1 Å². The van der Waals surface area contributed by atoms with Crippen LogP contribution < -0.4 is 20.9 Å². The summed E-state index contributed by atoms with van der Waals surface area (Å²) < 4.78 is 3.69. The Labute approximate surface area is 306 Å². The molecule has 3 N–H and O–H groups in total. The lowest BCUT2D eigenvalue weighted by atomic mass is 9.93. The van der Waals surface area contributed by atoms with Gasteiger partial charge in [0.25, 0.3) is 11.8 Å². The summed E-state index contributed by atoms with van der Waals surface area (Å²) >= 11 is 0. The molecule has 3 aliphatic heterocycles. The summed E-state index contributed by atoms with van der Waals surface area (Å²) in [6.45, 7) is 5.76. The molecule has 14 heteroatoms. The molecule has 53 heavy (non-hydrogen) atoms. The standard InChI is InChI=1S/C39H42N10O4/c1-24-19-41-39(53)34-18-27-5-9-32(44-36(27)49(24)34)38(52)43-28-20-42-48(23-28)22-25-3-6-30(7-4-25)47-15-12-29(13-16-47)46(2)21-26-11-14-40-33(17-26)31-8-10-35(50)45-37(31)51/h3-7,9,11,14,17-18,20,23-24,29,31H,8,10,12-13,15-16,19,21-22H2,1-2H3,(H,41,53)(H,43,52)(H,45,50,51)/t24-,31?/m1/s1. The second kappa shape index (κ2) is 14.3. The average Bonchev–Trinajstić information content (AvgIpc) is 3.78. The molecule has 1 aromatic carbocycles. The summed E-state index contributed by atoms with van der Waals surface area (Å²) in [6.07, 6.45) is 8.11. The lowest BCUT2D eigenvalue weighted by Gasteiger charge is -2.38. The minimum Gasteiger partial charge on any atom is -0.371 e. The Morgan fingerprint density at radius 1 is 1.00 bits per heavy atom. The van der Waals surface area contributed by atoms with Gasteiger partial charge in [0.15, 0.2) is 0 Å². The lowest BCUT2D eigenvalue weighted by molar-refractivity contribution is -0.134. The van der Waals surface area contributed by atoms with Crippen molar-refractivity contribution in [2.45, 2.75) is 63.7 Å². The van der Waals surface area contributed by atoms with Crippen LogP contribution in [-0.4, -0.2) is 85.6 Å². The molecule has 272 valence electrons. The monoisotopic (exact) mass is 714 g/mol. The molecule has 0 saturated carbocycles. The van der Waals surface area contributed by atoms with Crippen LogP contribution in [0.25, 0.3) is 11.0 Å². The van der Waals surface area contributed by atoms with Gasteiger partial charge in [0.05, 0.1) is 36.1 Å². The van der Waals surface area contributed by atoms with Crippen molar-refractivity contribution in [3.8, 4) is 0 Å². The summed E-state index contributed by atoms with van der Waals surface area (Å²) in [4.78, 5) is 63.3. The van der Waals surface area contributed by atoms with E-state index < -0.39 is 0 Å². The first kappa shape index (κ1) is 34.2. The molecule has 7 heterocycles. The van der Waals surface area contributed by atoms with Gasteiger partial charge in [-0.2, -0.15) is 5.10 Å². The Balaban J connectivity index is 0.827. The quantitative estimate of drug-likeness (QED) is 0.193. The smallest absolute Gasteiger partial charge is 0.274 e. The maximum Gasteiger partial charge on any atom is 0.274 e. The molecular weight excluding hydrogens is 672 g/mol. The number of anilines is 2. The first-order valence-corrected chi connectivity index (χ1v) is 18.1. The topological polar surface area (TPSA) is 159 Å². The number of carbonyl (C=O) groups is 4. The Bertz CT molecular complexity index is 2200. The van der Waals surface area contributed by atoms with Crippen molar-refractivity contribution < 1.29 is 19.2 Å². The molecule has 8 rings (SSSR count). The van der Waals surface area contributed by atoms with Crippen LogP contribution >= 0.6 is 0 Å². The van der Waals surface area contributed by atoms with Gasteiger partial charge in [0.2, 0.25) is 11.8 Å². The number of benzene rings is 1. The van der Waals surface area contributed by atoms with Crippen LogP contribution in [0.15, 0.2) is 73.2 Å². The SMILES string of the molecule is C[C@@H]1CNC(=O)c2cc3ccc(C(=O)Nc4cnn(Cc5ccc(N6CCC(N(C)Cc7ccnc(C8CCC(=O)NC8=O)c7)CC6)cc5)c4)nc3n21. The predicted octanol–water partition coefficient (Wildman–Crippen LogP) is 3.85. The molecular formula is C39H42N10O4. The van der Waals surface area contributed by atoms with Crippen LogP contribution in [0, 0.1) is 0 Å². The largest absolute Gasteiger partial charge is 0.371 e. The molecule has 0 bridgehead atoms. The number of aromatic nitrogens is 5. The first-order valence-electron chi connectivity index (χ1n) is 18.1. The summed E-state index contributed by atoms with van der Waals surface area (Å²) in [5.41, 5.74) is 6.14. The fourth-order valence-corrected chi connectivity index (χ4v) is 7.72. The zero-order valence-corrected chi connectivity index (χ0v) is 29.8. The third kappa shape index (κ3) is 7.14. The zero-order chi connectivity index (χ0) is 36.6. The number of carbonyl (C=O) groups excluding carboxylic acids is 4. The van der Waals surface area contributed by atoms with E-state index in [2.05, 4.69) is 72.1 Å². The van der Waals surface area contributed by atoms with Gasteiger partial charge in [-0.05, 0) is 86.8 Å². The van der Waals surface area contributed by atoms with Crippen LogP contribution in [0.3, 0.4) is 0 Å². The number of pyridine rings is 2. The van der Waals surface area contributed by atoms with Crippen molar-refractivity contribution >= 4 is 46.0 Å². The Morgan fingerprint density at radius 2 is 1.81 bits per heavy atom. The third-order valence-electron chi connectivity index (χ3n) is 10.6. The summed E-state index contributed by atoms with van der Waals surface area (Å²) in [6, 6.07) is 18.3. The minimum atomic E-state index is -0.378. The van der Waals surface area contributed by atoms with E-state index in [0.29, 0.717) is 49.0 Å².